The molecule has 4 heteroatoms. The lowest BCUT2D eigenvalue weighted by molar-refractivity contribution is 0.621. The van der Waals surface area contributed by atoms with E-state index in [4.69, 9.17) is 9.40 Å². The molecule has 0 unspecified atom stereocenters. The Morgan fingerprint density at radius 2 is 1.10 bits per heavy atom. The largest absolute Gasteiger partial charge is 0.435 e. The molecule has 0 aliphatic heterocycles. The summed E-state index contributed by atoms with van der Waals surface area (Å²) in [6, 6.07) is 72.0. The summed E-state index contributed by atoms with van der Waals surface area (Å²) in [5.41, 5.74) is 16.4. The number of hydrogen-bond donors (Lipinski definition) is 0. The second kappa shape index (κ2) is 13.2. The molecule has 0 saturated heterocycles. The standard InChI is InChI=1S/C56H39N3O/c1-56(2)45-29-14-11-27-43(45)52-46(56)30-18-34-50(52)59(49-33-16-12-24-39(49)42-28-17-31-47-54(42)60-55(57-47)36-19-5-3-6-20-36)51-35-44-40-25-13-15-32-48(40)58(37-21-7-4-8-22-37)53(44)41-26-10-9-23-38(41)51/h3-35H,1-2H3. The number of nitrogens with zero attached hydrogens (tertiary/aromatic N) is 3. The van der Waals surface area contributed by atoms with Crippen LogP contribution in [0.1, 0.15) is 25.0 Å². The minimum absolute atomic E-state index is 0.179. The molecule has 0 N–H and O–H groups in total. The van der Waals surface area contributed by atoms with Crippen LogP contribution in [0.5, 0.6) is 0 Å². The summed E-state index contributed by atoms with van der Waals surface area (Å²) >= 11 is 0. The Hall–Kier alpha value is -7.69. The van der Waals surface area contributed by atoms with E-state index in [1.54, 1.807) is 0 Å². The number of rotatable bonds is 6. The van der Waals surface area contributed by atoms with Gasteiger partial charge in [-0.05, 0) is 71.3 Å². The van der Waals surface area contributed by atoms with E-state index in [1.165, 1.54) is 49.4 Å². The highest BCUT2D eigenvalue weighted by Crippen LogP contribution is 2.56. The van der Waals surface area contributed by atoms with E-state index in [-0.39, 0.29) is 5.41 Å². The van der Waals surface area contributed by atoms with Crippen molar-refractivity contribution in [2.24, 2.45) is 0 Å². The predicted octanol–water partition coefficient (Wildman–Crippen LogP) is 15.2. The van der Waals surface area contributed by atoms with E-state index >= 15 is 0 Å². The lowest BCUT2D eigenvalue weighted by Gasteiger charge is -2.31. The van der Waals surface area contributed by atoms with Crippen molar-refractivity contribution in [2.45, 2.75) is 19.3 Å². The number of oxazole rings is 1. The molecule has 1 aliphatic rings. The van der Waals surface area contributed by atoms with Gasteiger partial charge in [-0.2, -0.15) is 0 Å². The summed E-state index contributed by atoms with van der Waals surface area (Å²) in [7, 11) is 0. The van der Waals surface area contributed by atoms with Gasteiger partial charge in [-0.25, -0.2) is 4.98 Å². The lowest BCUT2D eigenvalue weighted by Crippen LogP contribution is -2.16. The highest BCUT2D eigenvalue weighted by Gasteiger charge is 2.38. The molecule has 12 rings (SSSR count). The minimum Gasteiger partial charge on any atom is -0.435 e. The van der Waals surface area contributed by atoms with Crippen LogP contribution in [0.15, 0.2) is 205 Å². The molecule has 0 radical (unpaired) electrons. The second-order valence-corrected chi connectivity index (χ2v) is 16.3. The van der Waals surface area contributed by atoms with Gasteiger partial charge in [0.1, 0.15) is 5.52 Å². The summed E-state index contributed by atoms with van der Waals surface area (Å²) in [6.07, 6.45) is 0. The molecular formula is C56H39N3O. The zero-order chi connectivity index (χ0) is 40.0. The maximum absolute atomic E-state index is 6.72. The van der Waals surface area contributed by atoms with Gasteiger partial charge in [0, 0.05) is 54.9 Å². The molecular weight excluding hydrogens is 731 g/mol. The molecule has 2 aromatic heterocycles. The molecule has 2 heterocycles. The van der Waals surface area contributed by atoms with Crippen molar-refractivity contribution in [1.82, 2.24) is 9.55 Å². The van der Waals surface area contributed by atoms with E-state index < -0.39 is 0 Å². The van der Waals surface area contributed by atoms with E-state index in [0.717, 1.165) is 55.9 Å². The monoisotopic (exact) mass is 769 g/mol. The van der Waals surface area contributed by atoms with Crippen LogP contribution in [-0.2, 0) is 5.41 Å². The number of para-hydroxylation sites is 4. The van der Waals surface area contributed by atoms with Crippen LogP contribution in [0, 0.1) is 0 Å². The Morgan fingerprint density at radius 3 is 1.93 bits per heavy atom. The third-order valence-corrected chi connectivity index (χ3v) is 12.6. The van der Waals surface area contributed by atoms with Gasteiger partial charge in [0.05, 0.1) is 28.1 Å². The fraction of sp³-hybridized carbons (Fsp3) is 0.0536. The van der Waals surface area contributed by atoms with Crippen molar-refractivity contribution < 1.29 is 4.42 Å². The van der Waals surface area contributed by atoms with Crippen LogP contribution in [-0.4, -0.2) is 9.55 Å². The number of anilines is 3. The first-order chi connectivity index (χ1) is 29.6. The average Bonchev–Trinajstić information content (AvgIpc) is 3.97. The van der Waals surface area contributed by atoms with Crippen LogP contribution in [0.3, 0.4) is 0 Å². The highest BCUT2D eigenvalue weighted by molar-refractivity contribution is 6.23. The van der Waals surface area contributed by atoms with Gasteiger partial charge in [0.25, 0.3) is 0 Å². The first-order valence-electron chi connectivity index (χ1n) is 20.6. The van der Waals surface area contributed by atoms with Gasteiger partial charge in [-0.1, -0.05) is 159 Å². The lowest BCUT2D eigenvalue weighted by atomic mass is 9.82. The quantitative estimate of drug-likeness (QED) is 0.169. The summed E-state index contributed by atoms with van der Waals surface area (Å²) in [6.45, 7) is 4.71. The Labute approximate surface area is 348 Å². The molecule has 0 fully saturated rings. The Morgan fingerprint density at radius 1 is 0.483 bits per heavy atom. The van der Waals surface area contributed by atoms with Crippen LogP contribution in [0.4, 0.5) is 17.1 Å². The molecule has 60 heavy (non-hydrogen) atoms. The van der Waals surface area contributed by atoms with Crippen molar-refractivity contribution in [3.63, 3.8) is 0 Å². The third kappa shape index (κ3) is 5.01. The summed E-state index contributed by atoms with van der Waals surface area (Å²) in [4.78, 5) is 7.52. The maximum atomic E-state index is 6.72. The van der Waals surface area contributed by atoms with Crippen molar-refractivity contribution in [1.29, 1.82) is 0 Å². The van der Waals surface area contributed by atoms with E-state index in [2.05, 4.69) is 187 Å². The minimum atomic E-state index is -0.179. The van der Waals surface area contributed by atoms with E-state index in [0.29, 0.717) is 5.89 Å². The SMILES string of the molecule is CC1(C)c2ccccc2-c2c(N(c3ccccc3-c3cccc4nc(-c5ccccc5)oc34)c3cc4c5ccccc5n(-c5ccccc5)c4c4ccccc34)cccc21. The molecule has 284 valence electrons. The summed E-state index contributed by atoms with van der Waals surface area (Å²) in [5.74, 6) is 0.610. The fourth-order valence-electron chi connectivity index (χ4n) is 9.91. The van der Waals surface area contributed by atoms with Crippen molar-refractivity contribution in [3.8, 4) is 39.4 Å². The summed E-state index contributed by atoms with van der Waals surface area (Å²) in [5, 5.41) is 4.75. The normalized spacial score (nSPS) is 13.0. The fourth-order valence-corrected chi connectivity index (χ4v) is 9.91. The van der Waals surface area contributed by atoms with E-state index in [1.807, 2.05) is 36.4 Å². The van der Waals surface area contributed by atoms with Crippen LogP contribution in [0.25, 0.3) is 83.1 Å². The zero-order valence-corrected chi connectivity index (χ0v) is 33.3. The molecule has 0 saturated carbocycles. The molecule has 11 aromatic rings. The Bertz CT molecular complexity index is 3470. The van der Waals surface area contributed by atoms with Crippen molar-refractivity contribution >= 4 is 60.7 Å². The second-order valence-electron chi connectivity index (χ2n) is 16.3. The zero-order valence-electron chi connectivity index (χ0n) is 33.3. The Kier molecular flexibility index (Phi) is 7.54. The van der Waals surface area contributed by atoms with Crippen LogP contribution >= 0.6 is 0 Å². The molecule has 0 bridgehead atoms. The van der Waals surface area contributed by atoms with Gasteiger partial charge < -0.3 is 13.9 Å². The van der Waals surface area contributed by atoms with Gasteiger partial charge in [0.15, 0.2) is 5.58 Å². The average molecular weight is 770 g/mol. The number of hydrogen-bond acceptors (Lipinski definition) is 3. The van der Waals surface area contributed by atoms with Crippen molar-refractivity contribution in [2.75, 3.05) is 4.90 Å². The van der Waals surface area contributed by atoms with Crippen LogP contribution < -0.4 is 4.90 Å². The summed E-state index contributed by atoms with van der Waals surface area (Å²) < 4.78 is 9.16. The molecule has 1 aliphatic carbocycles. The van der Waals surface area contributed by atoms with Gasteiger partial charge in [-0.3, -0.25) is 0 Å². The molecule has 0 spiro atoms. The number of benzene rings is 9. The molecule has 0 amide bonds. The van der Waals surface area contributed by atoms with Crippen molar-refractivity contribution in [3.05, 3.63) is 211 Å². The molecule has 9 aromatic carbocycles. The predicted molar refractivity (Wildman–Crippen MR) is 249 cm³/mol. The topological polar surface area (TPSA) is 34.2 Å². The van der Waals surface area contributed by atoms with Gasteiger partial charge in [0.2, 0.25) is 5.89 Å². The highest BCUT2D eigenvalue weighted by atomic mass is 16.3. The Balaban J connectivity index is 1.20. The maximum Gasteiger partial charge on any atom is 0.227 e. The molecule has 0 atom stereocenters. The third-order valence-electron chi connectivity index (χ3n) is 12.6. The van der Waals surface area contributed by atoms with E-state index in [9.17, 15) is 0 Å². The molecule has 4 nitrogen and oxygen atoms in total. The number of fused-ring (bicyclic) bond motifs is 9. The first kappa shape index (κ1) is 34.4. The van der Waals surface area contributed by atoms with Gasteiger partial charge >= 0.3 is 0 Å². The van der Waals surface area contributed by atoms with Gasteiger partial charge in [-0.15, -0.1) is 0 Å². The number of aromatic nitrogens is 2. The first-order valence-corrected chi connectivity index (χ1v) is 20.6. The van der Waals surface area contributed by atoms with Crippen LogP contribution in [0.2, 0.25) is 0 Å². The smallest absolute Gasteiger partial charge is 0.227 e.